The molecule has 1 saturated heterocycles. The summed E-state index contributed by atoms with van der Waals surface area (Å²) in [4.78, 5) is 32.2. The number of nitrogens with one attached hydrogen (secondary N) is 2. The number of aromatic nitrogens is 3. The molecule has 1 atom stereocenters. The minimum absolute atomic E-state index is 0.0464. The van der Waals surface area contributed by atoms with Crippen molar-refractivity contribution in [1.29, 1.82) is 0 Å². The molecule has 1 fully saturated rings. The largest absolute Gasteiger partial charge is 0.323 e. The normalized spacial score (nSPS) is 17.3. The average Bonchev–Trinajstić information content (AvgIpc) is 3.34. The molecule has 4 heterocycles. The predicted octanol–water partition coefficient (Wildman–Crippen LogP) is 2.38. The number of rotatable bonds is 4. The Hall–Kier alpha value is -2.78. The van der Waals surface area contributed by atoms with Gasteiger partial charge >= 0.3 is 0 Å². The van der Waals surface area contributed by atoms with E-state index in [-0.39, 0.29) is 17.9 Å². The molecular formula is C18H20N6O2S. The number of fused-ring (bicyclic) bond motifs is 1. The lowest BCUT2D eigenvalue weighted by Crippen LogP contribution is -2.37. The van der Waals surface area contributed by atoms with Gasteiger partial charge < -0.3 is 10.6 Å². The lowest BCUT2D eigenvalue weighted by molar-refractivity contribution is -0.119. The molecule has 0 aromatic carbocycles. The number of hydrogen-bond donors (Lipinski definition) is 2. The summed E-state index contributed by atoms with van der Waals surface area (Å²) >= 11 is 1.45. The Morgan fingerprint density at radius 3 is 2.93 bits per heavy atom. The fraction of sp³-hybridized carbons (Fsp3) is 0.333. The van der Waals surface area contributed by atoms with Crippen LogP contribution in [0.1, 0.15) is 28.9 Å². The zero-order valence-corrected chi connectivity index (χ0v) is 15.9. The fourth-order valence-corrected chi connectivity index (χ4v) is 4.06. The minimum atomic E-state index is -0.253. The summed E-state index contributed by atoms with van der Waals surface area (Å²) in [5, 5.41) is 11.8. The third-order valence-corrected chi connectivity index (χ3v) is 5.69. The number of amides is 2. The number of aryl methyl sites for hydroxylation is 1. The summed E-state index contributed by atoms with van der Waals surface area (Å²) in [7, 11) is 1.95. The standard InChI is InChI=1S/C18H20N6O2S/c1-11-14(22-16(25)13-10-20-24-6-7-27-18(13)24)8-12(9-19-11)21-17(26)15-4-3-5-23(15)2/h6-10,15H,3-5H2,1-2H3,(H,21,26)(H,22,25). The van der Waals surface area contributed by atoms with E-state index in [4.69, 9.17) is 0 Å². The Kier molecular flexibility index (Phi) is 4.63. The number of anilines is 2. The Balaban J connectivity index is 1.51. The van der Waals surface area contributed by atoms with Gasteiger partial charge in [0.05, 0.1) is 41.1 Å². The van der Waals surface area contributed by atoms with Gasteiger partial charge in [0.25, 0.3) is 5.91 Å². The Morgan fingerprint density at radius 2 is 2.15 bits per heavy atom. The van der Waals surface area contributed by atoms with Gasteiger partial charge in [-0.05, 0) is 39.4 Å². The van der Waals surface area contributed by atoms with Crippen LogP contribution in [0.15, 0.2) is 30.0 Å². The van der Waals surface area contributed by atoms with Gasteiger partial charge in [0.2, 0.25) is 5.91 Å². The number of hydrogen-bond acceptors (Lipinski definition) is 6. The molecule has 4 rings (SSSR count). The molecule has 8 nitrogen and oxygen atoms in total. The number of carbonyl (C=O) groups is 2. The van der Waals surface area contributed by atoms with E-state index in [9.17, 15) is 9.59 Å². The molecule has 140 valence electrons. The maximum atomic E-state index is 12.6. The molecule has 2 N–H and O–H groups in total. The maximum Gasteiger partial charge on any atom is 0.260 e. The summed E-state index contributed by atoms with van der Waals surface area (Å²) in [6.45, 7) is 2.74. The molecule has 1 unspecified atom stereocenters. The van der Waals surface area contributed by atoms with Gasteiger partial charge in [-0.2, -0.15) is 5.10 Å². The van der Waals surface area contributed by atoms with E-state index in [1.807, 2.05) is 24.3 Å². The van der Waals surface area contributed by atoms with Crippen molar-refractivity contribution in [2.24, 2.45) is 0 Å². The van der Waals surface area contributed by atoms with Gasteiger partial charge in [0, 0.05) is 11.6 Å². The second-order valence-corrected chi connectivity index (χ2v) is 7.54. The fourth-order valence-electron chi connectivity index (χ4n) is 3.27. The van der Waals surface area contributed by atoms with Gasteiger partial charge in [-0.1, -0.05) is 0 Å². The van der Waals surface area contributed by atoms with Crippen LogP contribution in [-0.4, -0.2) is 50.9 Å². The van der Waals surface area contributed by atoms with Crippen molar-refractivity contribution in [2.45, 2.75) is 25.8 Å². The van der Waals surface area contributed by atoms with E-state index < -0.39 is 0 Å². The summed E-state index contributed by atoms with van der Waals surface area (Å²) in [5.41, 5.74) is 2.31. The first-order valence-corrected chi connectivity index (χ1v) is 9.61. The second-order valence-electron chi connectivity index (χ2n) is 6.65. The smallest absolute Gasteiger partial charge is 0.260 e. The number of carbonyl (C=O) groups excluding carboxylic acids is 2. The van der Waals surface area contributed by atoms with Gasteiger partial charge in [0.15, 0.2) is 0 Å². The lowest BCUT2D eigenvalue weighted by Gasteiger charge is -2.19. The molecule has 0 spiro atoms. The SMILES string of the molecule is Cc1ncc(NC(=O)C2CCCN2C)cc1NC(=O)c1cnn2ccsc12. The lowest BCUT2D eigenvalue weighted by atomic mass is 10.2. The van der Waals surface area contributed by atoms with Gasteiger partial charge in [0.1, 0.15) is 4.83 Å². The molecule has 0 aliphatic carbocycles. The predicted molar refractivity (Wildman–Crippen MR) is 104 cm³/mol. The first-order valence-electron chi connectivity index (χ1n) is 8.73. The van der Waals surface area contributed by atoms with Crippen LogP contribution >= 0.6 is 11.3 Å². The molecule has 0 radical (unpaired) electrons. The van der Waals surface area contributed by atoms with E-state index in [1.54, 1.807) is 29.2 Å². The van der Waals surface area contributed by atoms with Crippen LogP contribution in [0.25, 0.3) is 4.83 Å². The van der Waals surface area contributed by atoms with Crippen LogP contribution < -0.4 is 10.6 Å². The average molecular weight is 384 g/mol. The summed E-state index contributed by atoms with van der Waals surface area (Å²) in [5.74, 6) is -0.300. The molecule has 27 heavy (non-hydrogen) atoms. The van der Waals surface area contributed by atoms with Crippen molar-refractivity contribution in [2.75, 3.05) is 24.2 Å². The van der Waals surface area contributed by atoms with Crippen LogP contribution in [0.5, 0.6) is 0 Å². The van der Waals surface area contributed by atoms with Crippen molar-refractivity contribution < 1.29 is 9.59 Å². The number of likely N-dealkylation sites (tertiary alicyclic amines) is 1. The van der Waals surface area contributed by atoms with Crippen molar-refractivity contribution >= 4 is 39.4 Å². The van der Waals surface area contributed by atoms with Crippen LogP contribution in [0.2, 0.25) is 0 Å². The van der Waals surface area contributed by atoms with Crippen molar-refractivity contribution in [3.8, 4) is 0 Å². The van der Waals surface area contributed by atoms with Crippen molar-refractivity contribution in [3.63, 3.8) is 0 Å². The molecule has 0 saturated carbocycles. The molecule has 3 aromatic heterocycles. The third-order valence-electron chi connectivity index (χ3n) is 4.80. The van der Waals surface area contributed by atoms with E-state index in [2.05, 4.69) is 20.7 Å². The van der Waals surface area contributed by atoms with Crippen LogP contribution in [-0.2, 0) is 4.79 Å². The number of thiazole rings is 1. The second kappa shape index (κ2) is 7.09. The van der Waals surface area contributed by atoms with E-state index in [0.29, 0.717) is 22.6 Å². The Bertz CT molecular complexity index is 1010. The maximum absolute atomic E-state index is 12.6. The quantitative estimate of drug-likeness (QED) is 0.721. The summed E-state index contributed by atoms with van der Waals surface area (Å²) in [6.07, 6.45) is 6.83. The van der Waals surface area contributed by atoms with E-state index in [0.717, 1.165) is 24.2 Å². The van der Waals surface area contributed by atoms with Crippen molar-refractivity contribution in [3.05, 3.63) is 41.3 Å². The van der Waals surface area contributed by atoms with Crippen molar-refractivity contribution in [1.82, 2.24) is 19.5 Å². The topological polar surface area (TPSA) is 91.6 Å². The van der Waals surface area contributed by atoms with Gasteiger partial charge in [-0.15, -0.1) is 11.3 Å². The van der Waals surface area contributed by atoms with Crippen LogP contribution in [0, 0.1) is 6.92 Å². The molecule has 3 aromatic rings. The molecule has 2 amide bonds. The van der Waals surface area contributed by atoms with Gasteiger partial charge in [-0.3, -0.25) is 19.5 Å². The highest BCUT2D eigenvalue weighted by Crippen LogP contribution is 2.23. The molecule has 0 bridgehead atoms. The monoisotopic (exact) mass is 384 g/mol. The summed E-state index contributed by atoms with van der Waals surface area (Å²) < 4.78 is 1.67. The first kappa shape index (κ1) is 17.6. The molecule has 9 heteroatoms. The highest BCUT2D eigenvalue weighted by Gasteiger charge is 2.27. The molecule has 1 aliphatic rings. The molecule has 1 aliphatic heterocycles. The van der Waals surface area contributed by atoms with Gasteiger partial charge in [-0.25, -0.2) is 4.52 Å². The summed E-state index contributed by atoms with van der Waals surface area (Å²) in [6, 6.07) is 1.62. The third kappa shape index (κ3) is 3.43. The highest BCUT2D eigenvalue weighted by molar-refractivity contribution is 7.15. The number of pyridine rings is 1. The number of likely N-dealkylation sites (N-methyl/N-ethyl adjacent to an activating group) is 1. The Morgan fingerprint density at radius 1 is 1.30 bits per heavy atom. The molecular weight excluding hydrogens is 364 g/mol. The first-order chi connectivity index (χ1) is 13.0. The van der Waals surface area contributed by atoms with Crippen LogP contribution in [0.4, 0.5) is 11.4 Å². The van der Waals surface area contributed by atoms with Crippen LogP contribution in [0.3, 0.4) is 0 Å². The zero-order valence-electron chi connectivity index (χ0n) is 15.1. The highest BCUT2D eigenvalue weighted by atomic mass is 32.1. The van der Waals surface area contributed by atoms with E-state index >= 15 is 0 Å². The zero-order chi connectivity index (χ0) is 19.0. The number of nitrogens with zero attached hydrogens (tertiary/aromatic N) is 4. The van der Waals surface area contributed by atoms with E-state index in [1.165, 1.54) is 11.3 Å². The Labute approximate surface area is 160 Å². The minimum Gasteiger partial charge on any atom is -0.323 e.